The van der Waals surface area contributed by atoms with E-state index in [-0.39, 0.29) is 0 Å². The van der Waals surface area contributed by atoms with Gasteiger partial charge in [0.25, 0.3) is 0 Å². The number of aromatic nitrogens is 2. The van der Waals surface area contributed by atoms with Gasteiger partial charge in [-0.05, 0) is 19.5 Å². The third-order valence-corrected chi connectivity index (χ3v) is 3.30. The van der Waals surface area contributed by atoms with Gasteiger partial charge in [-0.3, -0.25) is 4.68 Å². The van der Waals surface area contributed by atoms with Gasteiger partial charge in [-0.1, -0.05) is 6.92 Å². The molecule has 1 aromatic heterocycles. The summed E-state index contributed by atoms with van der Waals surface area (Å²) in [6, 6.07) is -0.279. The van der Waals surface area contributed by atoms with Crippen molar-refractivity contribution in [2.24, 2.45) is 13.0 Å². The fourth-order valence-corrected chi connectivity index (χ4v) is 2.19. The molecular formula is C12H17F6N3. The molecule has 1 atom stereocenters. The Morgan fingerprint density at radius 1 is 1.19 bits per heavy atom. The smallest absolute Gasteiger partial charge is 0.316 e. The van der Waals surface area contributed by atoms with E-state index in [0.29, 0.717) is 17.8 Å². The van der Waals surface area contributed by atoms with Crippen LogP contribution in [0.3, 0.4) is 0 Å². The quantitative estimate of drug-likeness (QED) is 0.847. The van der Waals surface area contributed by atoms with Crippen LogP contribution >= 0.6 is 0 Å². The molecule has 0 radical (unpaired) electrons. The summed E-state index contributed by atoms with van der Waals surface area (Å²) >= 11 is 0. The minimum Gasteiger partial charge on any atom is -0.316 e. The molecule has 122 valence electrons. The van der Waals surface area contributed by atoms with Crippen LogP contribution in [0, 0.1) is 5.92 Å². The highest BCUT2D eigenvalue weighted by atomic mass is 19.4. The Kier molecular flexibility index (Phi) is 5.30. The first-order valence-corrected chi connectivity index (χ1v) is 6.33. The Hall–Kier alpha value is -1.25. The van der Waals surface area contributed by atoms with E-state index in [1.54, 1.807) is 6.92 Å². The van der Waals surface area contributed by atoms with Crippen LogP contribution in [0.1, 0.15) is 18.3 Å². The average molecular weight is 317 g/mol. The summed E-state index contributed by atoms with van der Waals surface area (Å²) in [5, 5.41) is 6.16. The lowest BCUT2D eigenvalue weighted by Crippen LogP contribution is -2.51. The predicted molar refractivity (Wildman–Crippen MR) is 64.7 cm³/mol. The van der Waals surface area contributed by atoms with Crippen molar-refractivity contribution in [3.05, 3.63) is 17.5 Å². The highest BCUT2D eigenvalue weighted by Gasteiger charge is 2.59. The molecule has 1 unspecified atom stereocenters. The minimum atomic E-state index is -5.36. The van der Waals surface area contributed by atoms with E-state index in [0.717, 1.165) is 7.05 Å². The van der Waals surface area contributed by atoms with Crippen LogP contribution in [0.25, 0.3) is 0 Å². The molecule has 0 fully saturated rings. The molecule has 1 aromatic rings. The fraction of sp³-hybridized carbons (Fsp3) is 0.750. The third-order valence-electron chi connectivity index (χ3n) is 3.30. The van der Waals surface area contributed by atoms with Crippen LogP contribution in [0.4, 0.5) is 26.3 Å². The molecule has 3 nitrogen and oxygen atoms in total. The average Bonchev–Trinajstić information content (AvgIpc) is 2.65. The summed E-state index contributed by atoms with van der Waals surface area (Å²) in [5.41, 5.74) is 0.947. The van der Waals surface area contributed by atoms with Crippen molar-refractivity contribution in [1.29, 1.82) is 0 Å². The van der Waals surface area contributed by atoms with Crippen molar-refractivity contribution in [3.8, 4) is 0 Å². The largest absolute Gasteiger partial charge is 0.402 e. The maximum absolute atomic E-state index is 12.7. The molecule has 1 heterocycles. The molecule has 0 aromatic carbocycles. The first-order chi connectivity index (χ1) is 9.50. The summed E-state index contributed by atoms with van der Waals surface area (Å²) in [7, 11) is 2.59. The summed E-state index contributed by atoms with van der Waals surface area (Å²) in [6.45, 7) is 1.80. The molecular weight excluding hydrogens is 300 g/mol. The van der Waals surface area contributed by atoms with E-state index in [9.17, 15) is 26.3 Å². The number of rotatable bonds is 5. The number of nitrogens with zero attached hydrogens (tertiary/aromatic N) is 2. The number of hydrogen-bond acceptors (Lipinski definition) is 2. The van der Waals surface area contributed by atoms with Gasteiger partial charge in [0.05, 0.1) is 5.69 Å². The highest BCUT2D eigenvalue weighted by Crippen LogP contribution is 2.42. The zero-order chi connectivity index (χ0) is 16.4. The van der Waals surface area contributed by atoms with Crippen molar-refractivity contribution in [2.75, 3.05) is 7.05 Å². The molecule has 9 heteroatoms. The SMILES string of the molecule is CCc1cc(CC(NC)C(C(F)(F)F)C(F)(F)F)n(C)n1. The van der Waals surface area contributed by atoms with Crippen molar-refractivity contribution in [3.63, 3.8) is 0 Å². The third kappa shape index (κ3) is 4.36. The molecule has 0 saturated carbocycles. The fourth-order valence-electron chi connectivity index (χ4n) is 2.19. The van der Waals surface area contributed by atoms with Crippen molar-refractivity contribution in [2.45, 2.75) is 38.2 Å². The van der Waals surface area contributed by atoms with Crippen molar-refractivity contribution >= 4 is 0 Å². The van der Waals surface area contributed by atoms with Crippen LogP contribution in [0.5, 0.6) is 0 Å². The van der Waals surface area contributed by atoms with E-state index in [1.165, 1.54) is 17.8 Å². The predicted octanol–water partition coefficient (Wildman–Crippen LogP) is 2.85. The second kappa shape index (κ2) is 6.25. The van der Waals surface area contributed by atoms with Gasteiger partial charge >= 0.3 is 12.4 Å². The van der Waals surface area contributed by atoms with Crippen molar-refractivity contribution in [1.82, 2.24) is 15.1 Å². The van der Waals surface area contributed by atoms with E-state index >= 15 is 0 Å². The van der Waals surface area contributed by atoms with Crippen molar-refractivity contribution < 1.29 is 26.3 Å². The molecule has 0 saturated heterocycles. The molecule has 0 aliphatic carbocycles. The zero-order valence-corrected chi connectivity index (χ0v) is 11.8. The lowest BCUT2D eigenvalue weighted by atomic mass is 9.94. The van der Waals surface area contributed by atoms with Crippen LogP contribution in [-0.4, -0.2) is 35.2 Å². The number of nitrogens with one attached hydrogen (secondary N) is 1. The van der Waals surface area contributed by atoms with Gasteiger partial charge in [0.2, 0.25) is 0 Å². The van der Waals surface area contributed by atoms with E-state index in [1.807, 2.05) is 0 Å². The standard InChI is InChI=1S/C12H17F6N3/c1-4-7-5-8(21(3)20-7)6-9(19-2)10(11(13,14)15)12(16,17)18/h5,9-10,19H,4,6H2,1-3H3. The van der Waals surface area contributed by atoms with Gasteiger partial charge in [-0.15, -0.1) is 0 Å². The monoisotopic (exact) mass is 317 g/mol. The number of aryl methyl sites for hydroxylation is 2. The lowest BCUT2D eigenvalue weighted by molar-refractivity contribution is -0.291. The first-order valence-electron chi connectivity index (χ1n) is 6.33. The minimum absolute atomic E-state index is 0.324. The molecule has 1 N–H and O–H groups in total. The molecule has 1 rings (SSSR count). The number of hydrogen-bond donors (Lipinski definition) is 1. The first kappa shape index (κ1) is 17.8. The van der Waals surface area contributed by atoms with Crippen LogP contribution in [0.2, 0.25) is 0 Å². The van der Waals surface area contributed by atoms with Gasteiger partial charge in [0, 0.05) is 25.2 Å². The number of halogens is 6. The Labute approximate surface area is 118 Å². The van der Waals surface area contributed by atoms with E-state index in [2.05, 4.69) is 10.4 Å². The van der Waals surface area contributed by atoms with Gasteiger partial charge in [0.15, 0.2) is 5.92 Å². The van der Waals surface area contributed by atoms with Gasteiger partial charge in [0.1, 0.15) is 0 Å². The Balaban J connectivity index is 3.07. The molecule has 0 aliphatic rings. The number of likely N-dealkylation sites (N-methyl/N-ethyl adjacent to an activating group) is 1. The number of alkyl halides is 6. The summed E-state index contributed by atoms with van der Waals surface area (Å²) < 4.78 is 77.8. The van der Waals surface area contributed by atoms with Crippen LogP contribution < -0.4 is 5.32 Å². The lowest BCUT2D eigenvalue weighted by Gasteiger charge is -2.30. The van der Waals surface area contributed by atoms with Gasteiger partial charge in [-0.25, -0.2) is 0 Å². The Morgan fingerprint density at radius 2 is 1.71 bits per heavy atom. The topological polar surface area (TPSA) is 29.9 Å². The van der Waals surface area contributed by atoms with Gasteiger partial charge in [-0.2, -0.15) is 31.4 Å². The van der Waals surface area contributed by atoms with Crippen LogP contribution in [0.15, 0.2) is 6.07 Å². The molecule has 0 amide bonds. The molecule has 0 bridgehead atoms. The maximum atomic E-state index is 12.7. The molecule has 21 heavy (non-hydrogen) atoms. The summed E-state index contributed by atoms with van der Waals surface area (Å²) in [5.74, 6) is -3.42. The second-order valence-electron chi connectivity index (χ2n) is 4.76. The van der Waals surface area contributed by atoms with E-state index in [4.69, 9.17) is 0 Å². The second-order valence-corrected chi connectivity index (χ2v) is 4.76. The van der Waals surface area contributed by atoms with Crippen LogP contribution in [-0.2, 0) is 19.9 Å². The summed E-state index contributed by atoms with van der Waals surface area (Å²) in [6.07, 6.45) is -10.6. The maximum Gasteiger partial charge on any atom is 0.402 e. The normalized spacial score (nSPS) is 14.8. The van der Waals surface area contributed by atoms with E-state index < -0.39 is 30.7 Å². The molecule has 0 aliphatic heterocycles. The Morgan fingerprint density at radius 3 is 2.05 bits per heavy atom. The van der Waals surface area contributed by atoms with Gasteiger partial charge < -0.3 is 5.32 Å². The highest BCUT2D eigenvalue weighted by molar-refractivity contribution is 5.12. The molecule has 0 spiro atoms. The zero-order valence-electron chi connectivity index (χ0n) is 11.8. The Bertz CT molecular complexity index is 449. The summed E-state index contributed by atoms with van der Waals surface area (Å²) in [4.78, 5) is 0.